The first-order valence-electron chi connectivity index (χ1n) is 7.26. The van der Waals surface area contributed by atoms with Crippen LogP contribution < -0.4 is 0 Å². The molecule has 2 heteroatoms. The normalized spacial score (nSPS) is 10.9. The zero-order valence-corrected chi connectivity index (χ0v) is 12.3. The molecule has 0 spiro atoms. The molecule has 2 nitrogen and oxygen atoms in total. The molecule has 0 radical (unpaired) electrons. The van der Waals surface area contributed by atoms with E-state index in [2.05, 4.69) is 48.5 Å². The van der Waals surface area contributed by atoms with E-state index >= 15 is 0 Å². The van der Waals surface area contributed by atoms with Crippen molar-refractivity contribution in [3.63, 3.8) is 0 Å². The van der Waals surface area contributed by atoms with Crippen LogP contribution in [0.15, 0.2) is 60.7 Å². The van der Waals surface area contributed by atoms with E-state index in [4.69, 9.17) is 9.72 Å². The van der Waals surface area contributed by atoms with E-state index in [1.165, 1.54) is 16.5 Å². The molecule has 21 heavy (non-hydrogen) atoms. The third-order valence-corrected chi connectivity index (χ3v) is 3.66. The lowest BCUT2D eigenvalue weighted by Crippen LogP contribution is -1.95. The molecule has 0 amide bonds. The molecule has 2 aromatic carbocycles. The molecule has 106 valence electrons. The Kier molecular flexibility index (Phi) is 4.27. The zero-order valence-electron chi connectivity index (χ0n) is 12.3. The quantitative estimate of drug-likeness (QED) is 0.698. The van der Waals surface area contributed by atoms with Crippen LogP contribution in [0.1, 0.15) is 16.8 Å². The van der Waals surface area contributed by atoms with Crippen molar-refractivity contribution in [2.45, 2.75) is 19.4 Å². The Labute approximate surface area is 125 Å². The van der Waals surface area contributed by atoms with Crippen LogP contribution in [-0.4, -0.2) is 12.1 Å². The van der Waals surface area contributed by atoms with Crippen molar-refractivity contribution in [1.29, 1.82) is 0 Å². The average molecular weight is 277 g/mol. The second kappa shape index (κ2) is 6.51. The van der Waals surface area contributed by atoms with Crippen LogP contribution in [-0.2, 0) is 24.2 Å². The minimum atomic E-state index is 0.673. The number of rotatable bonds is 5. The van der Waals surface area contributed by atoms with Crippen molar-refractivity contribution in [1.82, 2.24) is 4.98 Å². The number of para-hydroxylation sites is 1. The van der Waals surface area contributed by atoms with Gasteiger partial charge in [0.1, 0.15) is 0 Å². The molecule has 0 saturated carbocycles. The second-order valence-corrected chi connectivity index (χ2v) is 5.24. The van der Waals surface area contributed by atoms with Crippen molar-refractivity contribution in [2.75, 3.05) is 7.11 Å². The number of aromatic nitrogens is 1. The first-order chi connectivity index (χ1) is 10.3. The topological polar surface area (TPSA) is 22.1 Å². The fraction of sp³-hybridized carbons (Fsp3) is 0.211. The molecule has 1 aromatic heterocycles. The maximum atomic E-state index is 5.13. The minimum absolute atomic E-state index is 0.673. The summed E-state index contributed by atoms with van der Waals surface area (Å²) in [6.07, 6.45) is 1.98. The number of nitrogens with zero attached hydrogens (tertiary/aromatic N) is 1. The van der Waals surface area contributed by atoms with Crippen molar-refractivity contribution < 1.29 is 4.74 Å². The fourth-order valence-corrected chi connectivity index (χ4v) is 2.49. The number of hydrogen-bond donors (Lipinski definition) is 0. The van der Waals surface area contributed by atoms with Crippen LogP contribution in [0.4, 0.5) is 0 Å². The Hall–Kier alpha value is -2.19. The van der Waals surface area contributed by atoms with E-state index in [1.807, 2.05) is 12.1 Å². The van der Waals surface area contributed by atoms with Crippen LogP contribution in [0, 0.1) is 0 Å². The lowest BCUT2D eigenvalue weighted by atomic mass is 10.1. The lowest BCUT2D eigenvalue weighted by molar-refractivity contribution is 0.185. The van der Waals surface area contributed by atoms with Crippen molar-refractivity contribution >= 4 is 10.9 Å². The van der Waals surface area contributed by atoms with Gasteiger partial charge in [0, 0.05) is 18.2 Å². The number of methoxy groups -OCH3 is 1. The largest absolute Gasteiger partial charge is 0.380 e. The van der Waals surface area contributed by atoms with Gasteiger partial charge >= 0.3 is 0 Å². The van der Waals surface area contributed by atoms with Crippen LogP contribution in [0.25, 0.3) is 10.9 Å². The molecule has 0 fully saturated rings. The Morgan fingerprint density at radius 2 is 1.57 bits per heavy atom. The summed E-state index contributed by atoms with van der Waals surface area (Å²) in [7, 11) is 1.72. The highest BCUT2D eigenvalue weighted by Crippen LogP contribution is 2.14. The monoisotopic (exact) mass is 277 g/mol. The summed E-state index contributed by atoms with van der Waals surface area (Å²) in [5.74, 6) is 0. The highest BCUT2D eigenvalue weighted by atomic mass is 16.5. The third kappa shape index (κ3) is 3.47. The predicted molar refractivity (Wildman–Crippen MR) is 86.3 cm³/mol. The van der Waals surface area contributed by atoms with Gasteiger partial charge in [-0.1, -0.05) is 48.5 Å². The summed E-state index contributed by atoms with van der Waals surface area (Å²) in [6.45, 7) is 0.673. The second-order valence-electron chi connectivity index (χ2n) is 5.24. The summed E-state index contributed by atoms with van der Waals surface area (Å²) in [5, 5.41) is 1.20. The molecule has 0 aliphatic carbocycles. The van der Waals surface area contributed by atoms with E-state index in [0.717, 1.165) is 24.1 Å². The average Bonchev–Trinajstić information content (AvgIpc) is 2.54. The van der Waals surface area contributed by atoms with Gasteiger partial charge in [-0.3, -0.25) is 4.98 Å². The van der Waals surface area contributed by atoms with Crippen molar-refractivity contribution in [3.8, 4) is 0 Å². The van der Waals surface area contributed by atoms with Crippen molar-refractivity contribution in [3.05, 3.63) is 77.5 Å². The standard InChI is InChI=1S/C19H19NO/c1-21-14-16-8-6-15(7-9-16)10-12-18-13-11-17-4-2-3-5-19(17)20-18/h2-9,11,13H,10,12,14H2,1H3. The smallest absolute Gasteiger partial charge is 0.0713 e. The van der Waals surface area contributed by atoms with Gasteiger partial charge in [-0.05, 0) is 36.1 Å². The van der Waals surface area contributed by atoms with Gasteiger partial charge in [-0.15, -0.1) is 0 Å². The van der Waals surface area contributed by atoms with Gasteiger partial charge in [-0.25, -0.2) is 0 Å². The van der Waals surface area contributed by atoms with Crippen LogP contribution >= 0.6 is 0 Å². The van der Waals surface area contributed by atoms with E-state index in [0.29, 0.717) is 6.61 Å². The van der Waals surface area contributed by atoms with Gasteiger partial charge < -0.3 is 4.74 Å². The molecule has 1 heterocycles. The molecule has 0 unspecified atom stereocenters. The third-order valence-electron chi connectivity index (χ3n) is 3.66. The first-order valence-corrected chi connectivity index (χ1v) is 7.26. The molecule has 0 aliphatic heterocycles. The number of benzene rings is 2. The summed E-state index contributed by atoms with van der Waals surface area (Å²) in [4.78, 5) is 4.72. The number of ether oxygens (including phenoxy) is 1. The van der Waals surface area contributed by atoms with Crippen LogP contribution in [0.3, 0.4) is 0 Å². The van der Waals surface area contributed by atoms with E-state index < -0.39 is 0 Å². The van der Waals surface area contributed by atoms with Gasteiger partial charge in [-0.2, -0.15) is 0 Å². The van der Waals surface area contributed by atoms with Gasteiger partial charge in [0.05, 0.1) is 12.1 Å². The number of pyridine rings is 1. The van der Waals surface area contributed by atoms with Crippen molar-refractivity contribution in [2.24, 2.45) is 0 Å². The van der Waals surface area contributed by atoms with Gasteiger partial charge in [0.15, 0.2) is 0 Å². The molecule has 0 atom stereocenters. The van der Waals surface area contributed by atoms with Crippen LogP contribution in [0.2, 0.25) is 0 Å². The van der Waals surface area contributed by atoms with E-state index in [1.54, 1.807) is 7.11 Å². The lowest BCUT2D eigenvalue weighted by Gasteiger charge is -2.05. The molecule has 3 rings (SSSR count). The Morgan fingerprint density at radius 3 is 2.38 bits per heavy atom. The Bertz CT molecular complexity index is 719. The predicted octanol–water partition coefficient (Wildman–Crippen LogP) is 4.17. The van der Waals surface area contributed by atoms with Crippen LogP contribution in [0.5, 0.6) is 0 Å². The summed E-state index contributed by atoms with van der Waals surface area (Å²) < 4.78 is 5.13. The molecule has 0 N–H and O–H groups in total. The Morgan fingerprint density at radius 1 is 0.810 bits per heavy atom. The SMILES string of the molecule is COCc1ccc(CCc2ccc3ccccc3n2)cc1. The molecule has 0 aliphatic rings. The zero-order chi connectivity index (χ0) is 14.5. The highest BCUT2D eigenvalue weighted by molar-refractivity contribution is 5.78. The summed E-state index contributed by atoms with van der Waals surface area (Å²) in [5.41, 5.74) is 4.77. The maximum Gasteiger partial charge on any atom is 0.0713 e. The van der Waals surface area contributed by atoms with Gasteiger partial charge in [0.2, 0.25) is 0 Å². The fourth-order valence-electron chi connectivity index (χ4n) is 2.49. The highest BCUT2D eigenvalue weighted by Gasteiger charge is 2.00. The minimum Gasteiger partial charge on any atom is -0.380 e. The first kappa shape index (κ1) is 13.8. The summed E-state index contributed by atoms with van der Waals surface area (Å²) in [6, 6.07) is 21.1. The van der Waals surface area contributed by atoms with Gasteiger partial charge in [0.25, 0.3) is 0 Å². The number of fused-ring (bicyclic) bond motifs is 1. The van der Waals surface area contributed by atoms with E-state index in [-0.39, 0.29) is 0 Å². The molecule has 3 aromatic rings. The molecule has 0 bridgehead atoms. The van der Waals surface area contributed by atoms with E-state index in [9.17, 15) is 0 Å². The number of hydrogen-bond acceptors (Lipinski definition) is 2. The summed E-state index contributed by atoms with van der Waals surface area (Å²) >= 11 is 0. The molecular formula is C19H19NO. The molecular weight excluding hydrogens is 258 g/mol. The number of aryl methyl sites for hydroxylation is 2. The Balaban J connectivity index is 1.68. The maximum absolute atomic E-state index is 5.13. The molecule has 0 saturated heterocycles.